The molecule has 1 aliphatic rings. The number of oxazole rings is 1. The van der Waals surface area contributed by atoms with Gasteiger partial charge >= 0.3 is 6.36 Å². The molecule has 8 heteroatoms. The Morgan fingerprint density at radius 3 is 2.72 bits per heavy atom. The Morgan fingerprint density at radius 1 is 1.32 bits per heavy atom. The van der Waals surface area contributed by atoms with Crippen molar-refractivity contribution in [1.82, 2.24) is 9.88 Å². The molecule has 0 N–H and O–H groups in total. The van der Waals surface area contributed by atoms with Gasteiger partial charge in [0.15, 0.2) is 0 Å². The molecule has 1 fully saturated rings. The number of ketones is 1. The summed E-state index contributed by atoms with van der Waals surface area (Å²) in [5.41, 5.74) is 0.735. The van der Waals surface area contributed by atoms with Crippen LogP contribution < -0.4 is 4.74 Å². The summed E-state index contributed by atoms with van der Waals surface area (Å²) in [6, 6.07) is 5.96. The molecule has 0 radical (unpaired) electrons. The number of hydrogen-bond acceptors (Lipinski definition) is 5. The zero-order chi connectivity index (χ0) is 17.9. The fourth-order valence-corrected chi connectivity index (χ4v) is 2.97. The van der Waals surface area contributed by atoms with E-state index in [1.165, 1.54) is 30.7 Å². The Labute approximate surface area is 142 Å². The quantitative estimate of drug-likeness (QED) is 0.767. The van der Waals surface area contributed by atoms with Gasteiger partial charge in [0, 0.05) is 12.5 Å². The summed E-state index contributed by atoms with van der Waals surface area (Å²) in [4.78, 5) is 18.2. The van der Waals surface area contributed by atoms with Crippen LogP contribution in [0, 0.1) is 5.92 Å². The minimum Gasteiger partial charge on any atom is -0.442 e. The summed E-state index contributed by atoms with van der Waals surface area (Å²) >= 11 is 0. The molecule has 5 nitrogen and oxygen atoms in total. The second-order valence-corrected chi connectivity index (χ2v) is 5.95. The highest BCUT2D eigenvalue weighted by molar-refractivity contribution is 5.93. The Morgan fingerprint density at radius 2 is 2.08 bits per heavy atom. The van der Waals surface area contributed by atoms with E-state index >= 15 is 0 Å². The highest BCUT2D eigenvalue weighted by Gasteiger charge is 2.31. The summed E-state index contributed by atoms with van der Waals surface area (Å²) in [6.45, 7) is 1.87. The van der Waals surface area contributed by atoms with Gasteiger partial charge in [-0.25, -0.2) is 4.98 Å². The molecule has 1 aromatic heterocycles. The summed E-state index contributed by atoms with van der Waals surface area (Å²) in [5, 5.41) is 0. The van der Waals surface area contributed by atoms with Crippen LogP contribution in [-0.2, 0) is 6.54 Å². The van der Waals surface area contributed by atoms with E-state index in [1.807, 2.05) is 0 Å². The Bertz CT molecular complexity index is 708. The van der Waals surface area contributed by atoms with Crippen molar-refractivity contribution in [3.05, 3.63) is 48.2 Å². The average molecular weight is 354 g/mol. The molecular weight excluding hydrogens is 337 g/mol. The number of carbonyl (C=O) groups excluding carboxylic acids is 1. The first kappa shape index (κ1) is 17.5. The van der Waals surface area contributed by atoms with Crippen LogP contribution in [0.5, 0.6) is 5.75 Å². The number of Topliss-reactive ketones (excluding diaryl/α,β-unsaturated/α-hetero) is 1. The van der Waals surface area contributed by atoms with E-state index in [2.05, 4.69) is 14.6 Å². The first-order valence-electron chi connectivity index (χ1n) is 7.91. The molecule has 1 saturated heterocycles. The van der Waals surface area contributed by atoms with E-state index in [0.29, 0.717) is 32.5 Å². The number of alkyl halides is 3. The maximum Gasteiger partial charge on any atom is 0.573 e. The highest BCUT2D eigenvalue weighted by Crippen LogP contribution is 2.26. The van der Waals surface area contributed by atoms with Crippen molar-refractivity contribution in [1.29, 1.82) is 0 Å². The first-order valence-corrected chi connectivity index (χ1v) is 7.91. The third kappa shape index (κ3) is 4.82. The number of halogens is 3. The van der Waals surface area contributed by atoms with Crippen molar-refractivity contribution in [2.24, 2.45) is 5.92 Å². The molecule has 0 saturated carbocycles. The summed E-state index contributed by atoms with van der Waals surface area (Å²) < 4.78 is 45.9. The lowest BCUT2D eigenvalue weighted by atomic mass is 9.92. The van der Waals surface area contributed by atoms with Crippen molar-refractivity contribution in [2.45, 2.75) is 25.7 Å². The lowest BCUT2D eigenvalue weighted by Crippen LogP contribution is -2.36. The Kier molecular flexibility index (Phi) is 5.08. The van der Waals surface area contributed by atoms with Gasteiger partial charge in [-0.15, -0.1) is 13.2 Å². The minimum absolute atomic E-state index is 0.0924. The van der Waals surface area contributed by atoms with Crippen molar-refractivity contribution in [3.8, 4) is 5.75 Å². The molecule has 2 heterocycles. The van der Waals surface area contributed by atoms with Gasteiger partial charge < -0.3 is 9.15 Å². The molecule has 25 heavy (non-hydrogen) atoms. The number of nitrogens with zero attached hydrogens (tertiary/aromatic N) is 2. The van der Waals surface area contributed by atoms with E-state index in [0.717, 1.165) is 5.56 Å². The van der Waals surface area contributed by atoms with Gasteiger partial charge in [0.2, 0.25) is 5.78 Å². The van der Waals surface area contributed by atoms with Crippen molar-refractivity contribution >= 4 is 5.78 Å². The number of benzene rings is 1. The number of carbonyl (C=O) groups is 1. The predicted octanol–water partition coefficient (Wildman–Crippen LogP) is 3.67. The van der Waals surface area contributed by atoms with Gasteiger partial charge in [-0.2, -0.15) is 0 Å². The third-order valence-corrected chi connectivity index (χ3v) is 4.14. The zero-order valence-electron chi connectivity index (χ0n) is 13.3. The van der Waals surface area contributed by atoms with Crippen LogP contribution in [0.15, 0.2) is 41.1 Å². The maximum absolute atomic E-state index is 12.3. The zero-order valence-corrected chi connectivity index (χ0v) is 13.3. The molecule has 0 bridgehead atoms. The fourth-order valence-electron chi connectivity index (χ4n) is 2.97. The van der Waals surface area contributed by atoms with Crippen LogP contribution in [0.1, 0.15) is 29.1 Å². The topological polar surface area (TPSA) is 55.6 Å². The van der Waals surface area contributed by atoms with E-state index in [1.54, 1.807) is 6.07 Å². The van der Waals surface area contributed by atoms with Crippen LogP contribution in [0.25, 0.3) is 0 Å². The molecule has 0 unspecified atom stereocenters. The SMILES string of the molecule is O=C(c1ncco1)C1CCN(Cc2cccc(OC(F)(F)F)c2)CC1. The summed E-state index contributed by atoms with van der Waals surface area (Å²) in [7, 11) is 0. The number of piperidine rings is 1. The minimum atomic E-state index is -4.70. The lowest BCUT2D eigenvalue weighted by molar-refractivity contribution is -0.274. The van der Waals surface area contributed by atoms with Crippen LogP contribution in [-0.4, -0.2) is 35.1 Å². The van der Waals surface area contributed by atoms with Gasteiger partial charge in [-0.1, -0.05) is 12.1 Å². The third-order valence-electron chi connectivity index (χ3n) is 4.14. The van der Waals surface area contributed by atoms with Crippen molar-refractivity contribution in [3.63, 3.8) is 0 Å². The number of aromatic nitrogens is 1. The number of ether oxygens (including phenoxy) is 1. The van der Waals surface area contributed by atoms with E-state index in [4.69, 9.17) is 4.42 Å². The van der Waals surface area contributed by atoms with Gasteiger partial charge in [-0.3, -0.25) is 9.69 Å². The second-order valence-electron chi connectivity index (χ2n) is 5.95. The van der Waals surface area contributed by atoms with E-state index in [9.17, 15) is 18.0 Å². The normalized spacial score (nSPS) is 16.8. The highest BCUT2D eigenvalue weighted by atomic mass is 19.4. The van der Waals surface area contributed by atoms with Crippen LogP contribution in [0.2, 0.25) is 0 Å². The molecule has 134 valence electrons. The van der Waals surface area contributed by atoms with Gasteiger partial charge in [-0.05, 0) is 43.6 Å². The van der Waals surface area contributed by atoms with Gasteiger partial charge in [0.1, 0.15) is 12.0 Å². The standard InChI is InChI=1S/C17H17F3N2O3/c18-17(19,20)25-14-3-1-2-12(10-14)11-22-7-4-13(5-8-22)15(23)16-21-6-9-24-16/h1-3,6,9-10,13H,4-5,7-8,11H2. The van der Waals surface area contributed by atoms with Crippen LogP contribution in [0.4, 0.5) is 13.2 Å². The molecule has 2 aromatic rings. The smallest absolute Gasteiger partial charge is 0.442 e. The maximum atomic E-state index is 12.3. The Hall–Kier alpha value is -2.35. The average Bonchev–Trinajstić information content (AvgIpc) is 3.08. The first-order chi connectivity index (χ1) is 11.9. The van der Waals surface area contributed by atoms with Crippen LogP contribution in [0.3, 0.4) is 0 Å². The monoisotopic (exact) mass is 354 g/mol. The van der Waals surface area contributed by atoms with Gasteiger partial charge in [0.05, 0.1) is 6.20 Å². The molecule has 0 atom stereocenters. The molecule has 0 aliphatic carbocycles. The van der Waals surface area contributed by atoms with Crippen molar-refractivity contribution in [2.75, 3.05) is 13.1 Å². The fraction of sp³-hybridized carbons (Fsp3) is 0.412. The molecular formula is C17H17F3N2O3. The van der Waals surface area contributed by atoms with E-state index in [-0.39, 0.29) is 23.3 Å². The predicted molar refractivity (Wildman–Crippen MR) is 82.0 cm³/mol. The van der Waals surface area contributed by atoms with Crippen LogP contribution >= 0.6 is 0 Å². The lowest BCUT2D eigenvalue weighted by Gasteiger charge is -2.30. The molecule has 1 aliphatic heterocycles. The van der Waals surface area contributed by atoms with Gasteiger partial charge in [0.25, 0.3) is 5.89 Å². The number of hydrogen-bond donors (Lipinski definition) is 0. The second kappa shape index (κ2) is 7.26. The molecule has 0 spiro atoms. The molecule has 0 amide bonds. The number of rotatable bonds is 5. The van der Waals surface area contributed by atoms with E-state index < -0.39 is 6.36 Å². The summed E-state index contributed by atoms with van der Waals surface area (Å²) in [5.74, 6) is -0.311. The molecule has 1 aromatic carbocycles. The Balaban J connectivity index is 1.54. The van der Waals surface area contributed by atoms with Crippen molar-refractivity contribution < 1.29 is 27.1 Å². The molecule has 3 rings (SSSR count). The largest absolute Gasteiger partial charge is 0.573 e. The summed E-state index contributed by atoms with van der Waals surface area (Å²) in [6.07, 6.45) is -0.548. The number of likely N-dealkylation sites (tertiary alicyclic amines) is 1.